The van der Waals surface area contributed by atoms with Gasteiger partial charge in [-0.05, 0) is 29.6 Å². The summed E-state index contributed by atoms with van der Waals surface area (Å²) in [6.45, 7) is 4.96. The standard InChI is InChI=1S/C18H29N5O5.C2H6N2.HI.Pt/c19-23-22-8-10-26-12-14-28-16-15-27-13-11-25-9-7-21-18(24)2-1-17-3-5-20-6-4-17;3-1-2-4;;/h3-6H,1-2,7-16H2,(H,21,24);3-4H,1-2H2;1H;/q;-2;;+1/p-1. The van der Waals surface area contributed by atoms with Gasteiger partial charge in [-0.1, -0.05) is 5.11 Å². The first-order valence-corrected chi connectivity index (χ1v) is 17.1. The number of aryl methyl sites for hydroxylation is 1. The zero-order chi connectivity index (χ0) is 25.5. The molecule has 1 rings (SSSR count). The van der Waals surface area contributed by atoms with Crippen LogP contribution in [0.1, 0.15) is 12.0 Å². The fraction of sp³-hybridized carbons (Fsp3) is 0.700. The van der Waals surface area contributed by atoms with Crippen LogP contribution >= 0.6 is 19.4 Å². The molecule has 0 aliphatic rings. The van der Waals surface area contributed by atoms with Crippen molar-refractivity contribution in [3.63, 3.8) is 0 Å². The summed E-state index contributed by atoms with van der Waals surface area (Å²) in [6.07, 6.45) is 4.60. The molecule has 3 N–H and O–H groups in total. The van der Waals surface area contributed by atoms with E-state index in [1.54, 1.807) is 12.4 Å². The van der Waals surface area contributed by atoms with Gasteiger partial charge >= 0.3 is 35.5 Å². The normalized spacial score (nSPS) is 9.68. The van der Waals surface area contributed by atoms with Gasteiger partial charge in [-0.15, -0.1) is 0 Å². The molecule has 0 atom stereocenters. The Morgan fingerprint density at radius 1 is 0.971 bits per heavy atom. The predicted molar refractivity (Wildman–Crippen MR) is 135 cm³/mol. The number of rotatable bonds is 19. The van der Waals surface area contributed by atoms with Crippen LogP contribution in [-0.4, -0.2) is 89.9 Å². The van der Waals surface area contributed by atoms with E-state index in [2.05, 4.69) is 55.8 Å². The van der Waals surface area contributed by atoms with Crippen molar-refractivity contribution in [1.29, 1.82) is 0 Å². The molecule has 0 saturated carbocycles. The second-order valence-electron chi connectivity index (χ2n) is 6.11. The molecule has 0 bridgehead atoms. The Labute approximate surface area is 223 Å². The second-order valence-corrected chi connectivity index (χ2v) is 6.11. The van der Waals surface area contributed by atoms with E-state index in [9.17, 15) is 4.79 Å². The summed E-state index contributed by atoms with van der Waals surface area (Å²) in [7, 11) is 0. The van der Waals surface area contributed by atoms with E-state index in [-0.39, 0.29) is 19.0 Å². The summed E-state index contributed by atoms with van der Waals surface area (Å²) in [5, 5.41) is 6.18. The van der Waals surface area contributed by atoms with Gasteiger partial charge in [-0.2, -0.15) is 13.1 Å². The number of nitrogens with zero attached hydrogens (tertiary/aromatic N) is 4. The van der Waals surface area contributed by atoms with Crippen molar-refractivity contribution < 1.29 is 39.9 Å². The number of carbonyl (C=O) groups excluding carboxylic acids is 1. The molecule has 0 spiro atoms. The second kappa shape index (κ2) is 32.1. The van der Waals surface area contributed by atoms with Crippen LogP contribution in [0.3, 0.4) is 0 Å². The average Bonchev–Trinajstić information content (AvgIpc) is 2.89. The third kappa shape index (κ3) is 29.1. The molecule has 1 aromatic heterocycles. The van der Waals surface area contributed by atoms with Gasteiger partial charge in [0.1, 0.15) is 0 Å². The topological polar surface area (TPSA) is 175 Å². The summed E-state index contributed by atoms with van der Waals surface area (Å²) in [5.74, 6) is 0.00980. The van der Waals surface area contributed by atoms with Gasteiger partial charge in [0.25, 0.3) is 0 Å². The molecular weight excluding hydrogens is 740 g/mol. The minimum atomic E-state index is 0.00980. The Morgan fingerprint density at radius 2 is 1.47 bits per heavy atom. The summed E-state index contributed by atoms with van der Waals surface area (Å²) in [6, 6.07) is 3.81. The Morgan fingerprint density at radius 3 is 1.97 bits per heavy atom. The molecule has 12 nitrogen and oxygen atoms in total. The number of nitrogens with one attached hydrogen (secondary N) is 3. The summed E-state index contributed by atoms with van der Waals surface area (Å²) < 4.78 is 21.3. The summed E-state index contributed by atoms with van der Waals surface area (Å²) >= 11 is 4.23. The first kappa shape index (κ1) is 35.3. The molecule has 0 fully saturated rings. The Hall–Kier alpha value is -0.892. The van der Waals surface area contributed by atoms with Crippen molar-refractivity contribution in [2.75, 3.05) is 79.0 Å². The Bertz CT molecular complexity index is 600. The smallest absolute Gasteiger partial charge is 0.220 e. The maximum absolute atomic E-state index is 11.7. The number of pyridine rings is 1. The van der Waals surface area contributed by atoms with E-state index in [0.717, 1.165) is 5.56 Å². The van der Waals surface area contributed by atoms with Crippen LogP contribution in [0.15, 0.2) is 29.6 Å². The van der Waals surface area contributed by atoms with Crippen molar-refractivity contribution in [3.05, 3.63) is 52.0 Å². The van der Waals surface area contributed by atoms with Gasteiger partial charge in [0.15, 0.2) is 0 Å². The minimum Gasteiger partial charge on any atom is -0.679 e. The largest absolute Gasteiger partial charge is 0.679 e. The number of halogens is 1. The Kier molecular flexibility index (Phi) is 33.3. The SMILES string of the molecule is [I][Pt].[N-]=[N+]=NCCOCCOCCOCCOCCNC(=O)CCc1ccncc1.[NH-]CC[NH-]. The van der Waals surface area contributed by atoms with Crippen LogP contribution in [0.5, 0.6) is 0 Å². The molecule has 199 valence electrons. The van der Waals surface area contributed by atoms with Gasteiger partial charge in [-0.3, -0.25) is 9.78 Å². The van der Waals surface area contributed by atoms with Crippen LogP contribution in [-0.2, 0) is 46.3 Å². The zero-order valence-electron chi connectivity index (χ0n) is 19.2. The van der Waals surface area contributed by atoms with Crippen molar-refractivity contribution in [2.45, 2.75) is 12.8 Å². The van der Waals surface area contributed by atoms with E-state index < -0.39 is 0 Å². The minimum absolute atomic E-state index is 0.00980. The van der Waals surface area contributed by atoms with E-state index in [0.29, 0.717) is 78.8 Å². The molecule has 0 aliphatic carbocycles. The van der Waals surface area contributed by atoms with Crippen LogP contribution in [0, 0.1) is 0 Å². The monoisotopic (exact) mass is 775 g/mol. The average molecular weight is 776 g/mol. The predicted octanol–water partition coefficient (Wildman–Crippen LogP) is 3.48. The number of aromatic nitrogens is 1. The molecule has 1 amide bonds. The third-order valence-electron chi connectivity index (χ3n) is 3.60. The maximum atomic E-state index is 11.7. The molecule has 0 aliphatic heterocycles. The third-order valence-corrected chi connectivity index (χ3v) is 3.60. The zero-order valence-corrected chi connectivity index (χ0v) is 23.7. The van der Waals surface area contributed by atoms with Crippen molar-refractivity contribution in [2.24, 2.45) is 5.11 Å². The number of azide groups is 1. The fourth-order valence-electron chi connectivity index (χ4n) is 2.07. The van der Waals surface area contributed by atoms with E-state index in [1.807, 2.05) is 12.1 Å². The van der Waals surface area contributed by atoms with E-state index in [4.69, 9.17) is 35.9 Å². The maximum Gasteiger partial charge on any atom is 0.220 e. The molecule has 0 aromatic carbocycles. The Balaban J connectivity index is 0. The van der Waals surface area contributed by atoms with Gasteiger partial charge in [-0.25, -0.2) is 0 Å². The molecular formula is C20H35IN7O5Pt-2. The number of amides is 1. The number of hydrogen-bond donors (Lipinski definition) is 1. The van der Waals surface area contributed by atoms with Crippen LogP contribution in [0.25, 0.3) is 21.9 Å². The molecule has 0 saturated heterocycles. The van der Waals surface area contributed by atoms with Gasteiger partial charge < -0.3 is 35.7 Å². The van der Waals surface area contributed by atoms with Crippen LogP contribution < -0.4 is 5.32 Å². The van der Waals surface area contributed by atoms with Crippen LogP contribution in [0.4, 0.5) is 0 Å². The number of hydrogen-bond acceptors (Lipinski definition) is 7. The molecule has 34 heavy (non-hydrogen) atoms. The van der Waals surface area contributed by atoms with Gasteiger partial charge in [0.2, 0.25) is 5.91 Å². The molecule has 0 unspecified atom stereocenters. The number of ether oxygens (including phenoxy) is 4. The first-order valence-electron chi connectivity index (χ1n) is 10.6. The van der Waals surface area contributed by atoms with E-state index >= 15 is 0 Å². The van der Waals surface area contributed by atoms with Crippen LogP contribution in [0.2, 0.25) is 0 Å². The molecule has 14 heteroatoms. The van der Waals surface area contributed by atoms with Crippen molar-refractivity contribution in [1.82, 2.24) is 10.3 Å². The summed E-state index contributed by atoms with van der Waals surface area (Å²) in [5.41, 5.74) is 21.7. The first-order chi connectivity index (χ1) is 16.7. The van der Waals surface area contributed by atoms with Crippen molar-refractivity contribution >= 4 is 25.3 Å². The van der Waals surface area contributed by atoms with Gasteiger partial charge in [0, 0.05) is 36.8 Å². The quantitative estimate of drug-likeness (QED) is 0.0741. The summed E-state index contributed by atoms with van der Waals surface area (Å²) in [4.78, 5) is 18.3. The van der Waals surface area contributed by atoms with Crippen molar-refractivity contribution in [3.8, 4) is 0 Å². The number of carbonyl (C=O) groups is 1. The fourth-order valence-corrected chi connectivity index (χ4v) is 2.07. The molecule has 1 heterocycles. The molecule has 0 radical (unpaired) electrons. The van der Waals surface area contributed by atoms with Gasteiger partial charge in [0.05, 0.1) is 52.9 Å². The van der Waals surface area contributed by atoms with E-state index in [1.165, 1.54) is 0 Å². The molecule has 1 aromatic rings.